The van der Waals surface area contributed by atoms with Gasteiger partial charge in [0, 0.05) is 6.07 Å². The van der Waals surface area contributed by atoms with Gasteiger partial charge in [-0.25, -0.2) is 0 Å². The molecule has 0 saturated carbocycles. The van der Waals surface area contributed by atoms with Crippen molar-refractivity contribution in [1.82, 2.24) is 9.97 Å². The molecule has 0 aliphatic carbocycles. The predicted octanol–water partition coefficient (Wildman–Crippen LogP) is 2.04. The zero-order valence-corrected chi connectivity index (χ0v) is 9.07. The highest BCUT2D eigenvalue weighted by Crippen LogP contribution is 2.24. The molecule has 6 heteroatoms. The molecule has 16 heavy (non-hydrogen) atoms. The van der Waals surface area contributed by atoms with E-state index in [1.807, 2.05) is 18.2 Å². The summed E-state index contributed by atoms with van der Waals surface area (Å²) in [5.74, 6) is 0.940. The van der Waals surface area contributed by atoms with Gasteiger partial charge in [-0.3, -0.25) is 0 Å². The number of anilines is 4. The monoisotopic (exact) mass is 235 g/mol. The number of nitrogens with zero attached hydrogens (tertiary/aromatic N) is 2. The summed E-state index contributed by atoms with van der Waals surface area (Å²) in [6, 6.07) is 8.90. The van der Waals surface area contributed by atoms with Crippen molar-refractivity contribution in [1.29, 1.82) is 0 Å². The van der Waals surface area contributed by atoms with Crippen LogP contribution in [0, 0.1) is 0 Å². The highest BCUT2D eigenvalue weighted by molar-refractivity contribution is 6.33. The van der Waals surface area contributed by atoms with Crippen LogP contribution < -0.4 is 16.8 Å². The van der Waals surface area contributed by atoms with Gasteiger partial charge in [0.25, 0.3) is 0 Å². The van der Waals surface area contributed by atoms with Crippen molar-refractivity contribution in [2.45, 2.75) is 0 Å². The number of hydrogen-bond acceptors (Lipinski definition) is 5. The van der Waals surface area contributed by atoms with E-state index in [4.69, 9.17) is 23.1 Å². The van der Waals surface area contributed by atoms with Crippen LogP contribution in [-0.2, 0) is 0 Å². The smallest absolute Gasteiger partial charge is 0.223 e. The van der Waals surface area contributed by atoms with Crippen molar-refractivity contribution in [2.75, 3.05) is 16.8 Å². The van der Waals surface area contributed by atoms with E-state index in [0.717, 1.165) is 5.69 Å². The molecular formula is C10H10ClN5. The minimum Gasteiger partial charge on any atom is -0.383 e. The molecule has 1 aromatic carbocycles. The molecule has 0 atom stereocenters. The molecule has 82 valence electrons. The van der Waals surface area contributed by atoms with E-state index in [9.17, 15) is 0 Å². The fourth-order valence-corrected chi connectivity index (χ4v) is 1.43. The number of nitrogens with two attached hydrogens (primary N) is 2. The minimum atomic E-state index is 0.120. The van der Waals surface area contributed by atoms with Crippen LogP contribution in [0.25, 0.3) is 0 Å². The van der Waals surface area contributed by atoms with Gasteiger partial charge >= 0.3 is 0 Å². The molecule has 0 saturated heterocycles. The Morgan fingerprint density at radius 3 is 2.56 bits per heavy atom. The third-order valence-electron chi connectivity index (χ3n) is 1.90. The van der Waals surface area contributed by atoms with Crippen molar-refractivity contribution >= 4 is 34.9 Å². The number of benzene rings is 1. The van der Waals surface area contributed by atoms with Gasteiger partial charge in [0.05, 0.1) is 10.7 Å². The molecule has 0 amide bonds. The second-order valence-electron chi connectivity index (χ2n) is 3.14. The highest BCUT2D eigenvalue weighted by Gasteiger charge is 2.02. The van der Waals surface area contributed by atoms with Crippen LogP contribution >= 0.6 is 11.6 Å². The van der Waals surface area contributed by atoms with Crippen LogP contribution in [0.4, 0.5) is 23.3 Å². The van der Waals surface area contributed by atoms with Gasteiger partial charge < -0.3 is 16.8 Å². The third kappa shape index (κ3) is 2.32. The molecule has 0 aliphatic rings. The lowest BCUT2D eigenvalue weighted by atomic mass is 10.3. The Morgan fingerprint density at radius 2 is 1.88 bits per heavy atom. The van der Waals surface area contributed by atoms with Crippen molar-refractivity contribution in [3.8, 4) is 0 Å². The second-order valence-corrected chi connectivity index (χ2v) is 3.55. The fourth-order valence-electron chi connectivity index (χ4n) is 1.25. The van der Waals surface area contributed by atoms with E-state index < -0.39 is 0 Å². The number of nitrogen functional groups attached to an aromatic ring is 2. The number of rotatable bonds is 2. The van der Waals surface area contributed by atoms with Gasteiger partial charge in [0.2, 0.25) is 5.95 Å². The van der Waals surface area contributed by atoms with Gasteiger partial charge in [-0.15, -0.1) is 0 Å². The molecule has 2 rings (SSSR count). The number of nitrogens with one attached hydrogen (secondary N) is 1. The second kappa shape index (κ2) is 4.24. The minimum absolute atomic E-state index is 0.120. The van der Waals surface area contributed by atoms with Crippen molar-refractivity contribution in [3.05, 3.63) is 35.4 Å². The number of halogens is 1. The quantitative estimate of drug-likeness (QED) is 0.741. The molecule has 0 spiro atoms. The van der Waals surface area contributed by atoms with Crippen molar-refractivity contribution < 1.29 is 0 Å². The molecule has 5 N–H and O–H groups in total. The molecule has 2 aromatic rings. The Morgan fingerprint density at radius 1 is 1.12 bits per heavy atom. The lowest BCUT2D eigenvalue weighted by molar-refractivity contribution is 1.19. The van der Waals surface area contributed by atoms with Gasteiger partial charge in [0.15, 0.2) is 0 Å². The van der Waals surface area contributed by atoms with Gasteiger partial charge in [-0.2, -0.15) is 9.97 Å². The van der Waals surface area contributed by atoms with Gasteiger partial charge in [0.1, 0.15) is 11.6 Å². The molecule has 5 nitrogen and oxygen atoms in total. The molecule has 0 unspecified atom stereocenters. The van der Waals surface area contributed by atoms with E-state index in [1.54, 1.807) is 12.1 Å². The summed E-state index contributed by atoms with van der Waals surface area (Å²) < 4.78 is 0. The Bertz CT molecular complexity index is 494. The van der Waals surface area contributed by atoms with Crippen molar-refractivity contribution in [3.63, 3.8) is 0 Å². The molecule has 0 radical (unpaired) electrons. The average molecular weight is 236 g/mol. The molecule has 1 aromatic heterocycles. The van der Waals surface area contributed by atoms with Crippen LogP contribution in [-0.4, -0.2) is 9.97 Å². The summed E-state index contributed by atoms with van der Waals surface area (Å²) in [4.78, 5) is 7.76. The number of para-hydroxylation sites is 1. The number of aromatic nitrogens is 2. The maximum atomic E-state index is 5.99. The fraction of sp³-hybridized carbons (Fsp3) is 0. The number of hydrogen-bond donors (Lipinski definition) is 3. The van der Waals surface area contributed by atoms with Crippen LogP contribution in [0.5, 0.6) is 0 Å². The molecular weight excluding hydrogens is 226 g/mol. The Kier molecular flexibility index (Phi) is 2.78. The van der Waals surface area contributed by atoms with E-state index >= 15 is 0 Å². The highest BCUT2D eigenvalue weighted by atomic mass is 35.5. The Balaban J connectivity index is 2.30. The first-order valence-electron chi connectivity index (χ1n) is 4.57. The summed E-state index contributed by atoms with van der Waals surface area (Å²) in [5, 5.41) is 3.61. The molecule has 1 heterocycles. The van der Waals surface area contributed by atoms with Gasteiger partial charge in [-0.1, -0.05) is 23.7 Å². The van der Waals surface area contributed by atoms with E-state index in [1.165, 1.54) is 0 Å². The average Bonchev–Trinajstić information content (AvgIpc) is 2.20. The zero-order chi connectivity index (χ0) is 11.5. The summed E-state index contributed by atoms with van der Waals surface area (Å²) in [7, 11) is 0. The largest absolute Gasteiger partial charge is 0.383 e. The Hall–Kier alpha value is -2.01. The van der Waals surface area contributed by atoms with Crippen LogP contribution in [0.3, 0.4) is 0 Å². The lowest BCUT2D eigenvalue weighted by Crippen LogP contribution is -2.03. The van der Waals surface area contributed by atoms with Crippen LogP contribution in [0.15, 0.2) is 30.3 Å². The lowest BCUT2D eigenvalue weighted by Gasteiger charge is -2.07. The molecule has 0 bridgehead atoms. The molecule has 0 aliphatic heterocycles. The summed E-state index contributed by atoms with van der Waals surface area (Å²) in [6.45, 7) is 0. The van der Waals surface area contributed by atoms with E-state index in [-0.39, 0.29) is 5.95 Å². The first-order valence-corrected chi connectivity index (χ1v) is 4.94. The maximum absolute atomic E-state index is 5.99. The maximum Gasteiger partial charge on any atom is 0.223 e. The summed E-state index contributed by atoms with van der Waals surface area (Å²) in [5.41, 5.74) is 11.8. The predicted molar refractivity (Wildman–Crippen MR) is 65.6 cm³/mol. The van der Waals surface area contributed by atoms with E-state index in [2.05, 4.69) is 15.3 Å². The van der Waals surface area contributed by atoms with Gasteiger partial charge in [-0.05, 0) is 12.1 Å². The first kappa shape index (κ1) is 10.5. The zero-order valence-electron chi connectivity index (χ0n) is 8.31. The Labute approximate surface area is 97.5 Å². The van der Waals surface area contributed by atoms with Crippen LogP contribution in [0.1, 0.15) is 0 Å². The SMILES string of the molecule is Nc1cc(Nc2ccccc2Cl)nc(N)n1. The van der Waals surface area contributed by atoms with E-state index in [0.29, 0.717) is 16.7 Å². The van der Waals surface area contributed by atoms with Crippen molar-refractivity contribution in [2.24, 2.45) is 0 Å². The topological polar surface area (TPSA) is 89.8 Å². The first-order chi connectivity index (χ1) is 7.65. The third-order valence-corrected chi connectivity index (χ3v) is 2.23. The summed E-state index contributed by atoms with van der Waals surface area (Å²) >= 11 is 5.99. The summed E-state index contributed by atoms with van der Waals surface area (Å²) in [6.07, 6.45) is 0. The molecule has 0 fully saturated rings. The standard InChI is InChI=1S/C10H10ClN5/c11-6-3-1-2-4-7(6)14-9-5-8(12)15-10(13)16-9/h1-5H,(H5,12,13,14,15,16). The normalized spacial score (nSPS) is 10.1. The van der Waals surface area contributed by atoms with Crippen LogP contribution in [0.2, 0.25) is 5.02 Å².